The van der Waals surface area contributed by atoms with Gasteiger partial charge in [0.25, 0.3) is 0 Å². The van der Waals surface area contributed by atoms with Crippen LogP contribution in [0, 0.1) is 12.8 Å². The first kappa shape index (κ1) is 22.1. The maximum atomic E-state index is 13.2. The van der Waals surface area contributed by atoms with Gasteiger partial charge >= 0.3 is 0 Å². The highest BCUT2D eigenvalue weighted by Crippen LogP contribution is 2.29. The lowest BCUT2D eigenvalue weighted by molar-refractivity contribution is -0.136. The molecule has 3 aliphatic heterocycles. The molecule has 3 aliphatic rings. The Morgan fingerprint density at radius 3 is 2.48 bits per heavy atom. The predicted octanol–water partition coefficient (Wildman–Crippen LogP) is 2.85. The number of aromatic nitrogens is 2. The molecule has 1 aromatic heterocycles. The Morgan fingerprint density at radius 2 is 1.76 bits per heavy atom. The molecule has 1 unspecified atom stereocenters. The molecular weight excluding hydrogens is 484 g/mol. The molecule has 0 radical (unpaired) electrons. The Balaban J connectivity index is 1.21. The third-order valence-corrected chi connectivity index (χ3v) is 7.22. The highest BCUT2D eigenvalue weighted by atomic mass is 79.9. The summed E-state index contributed by atoms with van der Waals surface area (Å²) in [6.07, 6.45) is 2.65. The minimum Gasteiger partial charge on any atom is -0.353 e. The van der Waals surface area contributed by atoms with Crippen molar-refractivity contribution in [3.63, 3.8) is 0 Å². The van der Waals surface area contributed by atoms with Crippen LogP contribution in [0.2, 0.25) is 0 Å². The number of rotatable bonds is 4. The second kappa shape index (κ2) is 9.29. The second-order valence-corrected chi connectivity index (χ2v) is 9.97. The molecule has 3 fully saturated rings. The van der Waals surface area contributed by atoms with Gasteiger partial charge in [-0.05, 0) is 38.0 Å². The van der Waals surface area contributed by atoms with E-state index in [0.717, 1.165) is 53.8 Å². The van der Waals surface area contributed by atoms with Crippen LogP contribution < -0.4 is 14.7 Å². The number of hydrogen-bond acceptors (Lipinski definition) is 6. The van der Waals surface area contributed by atoms with E-state index in [2.05, 4.69) is 30.7 Å². The molecule has 1 atom stereocenters. The highest BCUT2D eigenvalue weighted by Gasteiger charge is 2.38. The Labute approximate surface area is 202 Å². The first-order chi connectivity index (χ1) is 16.0. The fourth-order valence-electron chi connectivity index (χ4n) is 4.94. The van der Waals surface area contributed by atoms with Gasteiger partial charge in [0.1, 0.15) is 5.82 Å². The van der Waals surface area contributed by atoms with Crippen molar-refractivity contribution < 1.29 is 9.59 Å². The molecule has 2 aromatic rings. The maximum absolute atomic E-state index is 13.2. The number of aryl methyl sites for hydroxylation is 1. The zero-order valence-electron chi connectivity index (χ0n) is 18.9. The molecule has 0 saturated carbocycles. The highest BCUT2D eigenvalue weighted by molar-refractivity contribution is 9.10. The number of benzene rings is 1. The maximum Gasteiger partial charge on any atom is 0.228 e. The van der Waals surface area contributed by atoms with Crippen molar-refractivity contribution in [3.05, 3.63) is 40.5 Å². The van der Waals surface area contributed by atoms with E-state index in [1.807, 2.05) is 42.2 Å². The molecule has 3 saturated heterocycles. The number of amides is 2. The monoisotopic (exact) mass is 512 g/mol. The van der Waals surface area contributed by atoms with E-state index in [1.165, 1.54) is 12.8 Å². The normalized spacial score (nSPS) is 21.3. The molecule has 1 aromatic carbocycles. The molecule has 2 amide bonds. The molecule has 4 heterocycles. The van der Waals surface area contributed by atoms with Gasteiger partial charge in [-0.3, -0.25) is 9.59 Å². The Kier molecular flexibility index (Phi) is 6.23. The summed E-state index contributed by atoms with van der Waals surface area (Å²) in [7, 11) is 0. The van der Waals surface area contributed by atoms with Gasteiger partial charge in [0, 0.05) is 74.2 Å². The minimum atomic E-state index is -0.286. The van der Waals surface area contributed by atoms with Crippen LogP contribution in [-0.4, -0.2) is 72.5 Å². The van der Waals surface area contributed by atoms with Crippen molar-refractivity contribution in [2.45, 2.75) is 26.2 Å². The molecule has 0 bridgehead atoms. The van der Waals surface area contributed by atoms with Gasteiger partial charge in [0.05, 0.1) is 5.92 Å². The van der Waals surface area contributed by atoms with Gasteiger partial charge in [0.2, 0.25) is 17.8 Å². The van der Waals surface area contributed by atoms with Crippen LogP contribution in [0.15, 0.2) is 34.8 Å². The molecule has 5 rings (SSSR count). The zero-order valence-corrected chi connectivity index (χ0v) is 20.5. The smallest absolute Gasteiger partial charge is 0.228 e. The van der Waals surface area contributed by atoms with Crippen molar-refractivity contribution in [1.82, 2.24) is 14.9 Å². The third kappa shape index (κ3) is 4.69. The van der Waals surface area contributed by atoms with E-state index in [1.54, 1.807) is 4.90 Å². The van der Waals surface area contributed by atoms with E-state index < -0.39 is 0 Å². The lowest BCUT2D eigenvalue weighted by atomic mass is 10.1. The van der Waals surface area contributed by atoms with Gasteiger partial charge in [-0.15, -0.1) is 0 Å². The number of hydrogen-bond donors (Lipinski definition) is 0. The molecule has 174 valence electrons. The summed E-state index contributed by atoms with van der Waals surface area (Å²) in [6, 6.07) is 9.70. The number of piperazine rings is 1. The molecule has 0 N–H and O–H groups in total. The van der Waals surface area contributed by atoms with E-state index in [4.69, 9.17) is 4.98 Å². The number of anilines is 3. The van der Waals surface area contributed by atoms with Crippen LogP contribution in [0.5, 0.6) is 0 Å². The second-order valence-electron chi connectivity index (χ2n) is 9.06. The van der Waals surface area contributed by atoms with Crippen LogP contribution in [0.4, 0.5) is 17.5 Å². The fourth-order valence-corrected chi connectivity index (χ4v) is 5.32. The van der Waals surface area contributed by atoms with E-state index in [0.29, 0.717) is 19.6 Å². The Morgan fingerprint density at radius 1 is 1.00 bits per heavy atom. The molecule has 8 nitrogen and oxygen atoms in total. The molecular formula is C24H29BrN6O2. The molecule has 0 aliphatic carbocycles. The quantitative estimate of drug-likeness (QED) is 0.627. The standard InChI is InChI=1S/C24H29BrN6O2/c1-17-13-21(27-24(26-17)30-7-2-3-8-30)28-9-11-29(12-10-28)23(33)18-14-22(32)31(16-18)20-6-4-5-19(25)15-20/h4-6,13,15,18H,2-3,7-12,14,16H2,1H3. The molecule has 0 spiro atoms. The van der Waals surface area contributed by atoms with Crippen LogP contribution in [0.25, 0.3) is 0 Å². The molecule has 33 heavy (non-hydrogen) atoms. The van der Waals surface area contributed by atoms with Crippen molar-refractivity contribution in [2.24, 2.45) is 5.92 Å². The van der Waals surface area contributed by atoms with Gasteiger partial charge in [-0.1, -0.05) is 22.0 Å². The summed E-state index contributed by atoms with van der Waals surface area (Å²) < 4.78 is 0.923. The van der Waals surface area contributed by atoms with Crippen LogP contribution >= 0.6 is 15.9 Å². The van der Waals surface area contributed by atoms with Gasteiger partial charge in [-0.25, -0.2) is 4.98 Å². The van der Waals surface area contributed by atoms with Gasteiger partial charge < -0.3 is 19.6 Å². The number of carbonyl (C=O) groups is 2. The summed E-state index contributed by atoms with van der Waals surface area (Å²) in [5, 5.41) is 0. The summed E-state index contributed by atoms with van der Waals surface area (Å²) in [6.45, 7) is 7.24. The van der Waals surface area contributed by atoms with E-state index in [-0.39, 0.29) is 24.2 Å². The van der Waals surface area contributed by atoms with Crippen molar-refractivity contribution >= 4 is 45.2 Å². The van der Waals surface area contributed by atoms with Crippen LogP contribution in [0.3, 0.4) is 0 Å². The van der Waals surface area contributed by atoms with E-state index in [9.17, 15) is 9.59 Å². The minimum absolute atomic E-state index is 0.0102. The van der Waals surface area contributed by atoms with Crippen molar-refractivity contribution in [1.29, 1.82) is 0 Å². The lowest BCUT2D eigenvalue weighted by Gasteiger charge is -2.36. The average molecular weight is 513 g/mol. The van der Waals surface area contributed by atoms with Crippen molar-refractivity contribution in [2.75, 3.05) is 60.5 Å². The number of nitrogens with zero attached hydrogens (tertiary/aromatic N) is 6. The summed E-state index contributed by atoms with van der Waals surface area (Å²) in [5.74, 6) is 1.56. The van der Waals surface area contributed by atoms with Crippen LogP contribution in [0.1, 0.15) is 25.0 Å². The molecule has 9 heteroatoms. The summed E-state index contributed by atoms with van der Waals surface area (Å²) in [5.41, 5.74) is 1.81. The largest absolute Gasteiger partial charge is 0.353 e. The van der Waals surface area contributed by atoms with Gasteiger partial charge in [-0.2, -0.15) is 4.98 Å². The first-order valence-corrected chi connectivity index (χ1v) is 12.5. The predicted molar refractivity (Wildman–Crippen MR) is 132 cm³/mol. The Hall–Kier alpha value is -2.68. The third-order valence-electron chi connectivity index (χ3n) is 6.73. The summed E-state index contributed by atoms with van der Waals surface area (Å²) >= 11 is 3.46. The van der Waals surface area contributed by atoms with Crippen molar-refractivity contribution in [3.8, 4) is 0 Å². The lowest BCUT2D eigenvalue weighted by Crippen LogP contribution is -2.51. The van der Waals surface area contributed by atoms with E-state index >= 15 is 0 Å². The SMILES string of the molecule is Cc1cc(N2CCN(C(=O)C3CC(=O)N(c4cccc(Br)c4)C3)CC2)nc(N2CCCC2)n1. The van der Waals surface area contributed by atoms with Gasteiger partial charge in [0.15, 0.2) is 0 Å². The Bertz CT molecular complexity index is 1050. The number of halogens is 1. The zero-order chi connectivity index (χ0) is 22.9. The topological polar surface area (TPSA) is 72.9 Å². The average Bonchev–Trinajstić information content (AvgIpc) is 3.48. The summed E-state index contributed by atoms with van der Waals surface area (Å²) in [4.78, 5) is 43.4. The van der Waals surface area contributed by atoms with Crippen LogP contribution in [-0.2, 0) is 9.59 Å². The fraction of sp³-hybridized carbons (Fsp3) is 0.500. The number of carbonyl (C=O) groups excluding carboxylic acids is 2. The first-order valence-electron chi connectivity index (χ1n) is 11.7.